The Morgan fingerprint density at radius 3 is 2.95 bits per heavy atom. The maximum atomic E-state index is 13.1. The molecule has 2 aromatic rings. The molecule has 0 unspecified atom stereocenters. The van der Waals surface area contributed by atoms with Gasteiger partial charge >= 0.3 is 0 Å². The van der Waals surface area contributed by atoms with E-state index in [1.54, 1.807) is 18.5 Å². The predicted molar refractivity (Wildman–Crippen MR) is 76.2 cm³/mol. The van der Waals surface area contributed by atoms with Gasteiger partial charge in [-0.3, -0.25) is 4.79 Å². The van der Waals surface area contributed by atoms with E-state index in [1.807, 2.05) is 6.07 Å². The van der Waals surface area contributed by atoms with Crippen molar-refractivity contribution in [3.8, 4) is 0 Å². The maximum absolute atomic E-state index is 13.1. The number of anilines is 1. The van der Waals surface area contributed by atoms with Crippen LogP contribution >= 0.6 is 0 Å². The van der Waals surface area contributed by atoms with Gasteiger partial charge in [0.15, 0.2) is 0 Å². The van der Waals surface area contributed by atoms with Crippen molar-refractivity contribution < 1.29 is 13.6 Å². The van der Waals surface area contributed by atoms with Crippen LogP contribution in [0.2, 0.25) is 0 Å². The Kier molecular flexibility index (Phi) is 3.61. The third-order valence-corrected chi connectivity index (χ3v) is 4.02. The van der Waals surface area contributed by atoms with Crippen LogP contribution in [-0.2, 0) is 4.79 Å². The van der Waals surface area contributed by atoms with Crippen molar-refractivity contribution in [2.45, 2.75) is 38.0 Å². The van der Waals surface area contributed by atoms with E-state index in [4.69, 9.17) is 0 Å². The molecule has 0 bridgehead atoms. The van der Waals surface area contributed by atoms with Gasteiger partial charge in [-0.05, 0) is 30.9 Å². The molecule has 0 radical (unpaired) electrons. The van der Waals surface area contributed by atoms with E-state index < -0.39 is 5.92 Å². The van der Waals surface area contributed by atoms with Crippen molar-refractivity contribution in [1.82, 2.24) is 9.97 Å². The van der Waals surface area contributed by atoms with Gasteiger partial charge in [0.1, 0.15) is 5.82 Å². The van der Waals surface area contributed by atoms with Gasteiger partial charge in [0.25, 0.3) is 0 Å². The number of fused-ring (bicyclic) bond motifs is 1. The number of aromatic amines is 1. The number of aromatic nitrogens is 2. The fraction of sp³-hybridized carbons (Fsp3) is 0.467. The first-order valence-corrected chi connectivity index (χ1v) is 7.13. The van der Waals surface area contributed by atoms with Crippen LogP contribution in [0.1, 0.15) is 32.1 Å². The second-order valence-electron chi connectivity index (χ2n) is 5.69. The second-order valence-corrected chi connectivity index (χ2v) is 5.69. The molecular weight excluding hydrogens is 276 g/mol. The molecule has 2 aromatic heterocycles. The molecule has 0 saturated heterocycles. The number of rotatable bonds is 3. The first-order chi connectivity index (χ1) is 10.0. The highest BCUT2D eigenvalue weighted by atomic mass is 19.3. The minimum atomic E-state index is -2.55. The molecule has 1 aliphatic carbocycles. The molecule has 1 amide bonds. The minimum Gasteiger partial charge on any atom is -0.360 e. The van der Waals surface area contributed by atoms with Gasteiger partial charge in [0.2, 0.25) is 11.8 Å². The Morgan fingerprint density at radius 2 is 2.19 bits per heavy atom. The van der Waals surface area contributed by atoms with E-state index in [0.29, 0.717) is 18.7 Å². The summed E-state index contributed by atoms with van der Waals surface area (Å²) in [4.78, 5) is 19.1. The zero-order valence-electron chi connectivity index (χ0n) is 11.5. The van der Waals surface area contributed by atoms with Crippen molar-refractivity contribution in [1.29, 1.82) is 0 Å². The molecule has 0 aliphatic heterocycles. The van der Waals surface area contributed by atoms with E-state index in [9.17, 15) is 13.6 Å². The summed E-state index contributed by atoms with van der Waals surface area (Å²) in [5, 5.41) is 3.71. The standard InChI is InChI=1S/C15H17F2N3O/c16-15(17)4-1-10(2-5-15)7-14(21)20-13-8-11-3-6-18-12(11)9-19-13/h3,6,8-10,18H,1-2,4-5,7H2,(H,19,20,21). The fourth-order valence-electron chi connectivity index (χ4n) is 2.78. The molecule has 1 saturated carbocycles. The largest absolute Gasteiger partial charge is 0.360 e. The second kappa shape index (κ2) is 5.42. The number of hydrogen-bond acceptors (Lipinski definition) is 2. The van der Waals surface area contributed by atoms with Gasteiger partial charge < -0.3 is 10.3 Å². The highest BCUT2D eigenvalue weighted by Crippen LogP contribution is 2.37. The number of carbonyl (C=O) groups excluding carboxylic acids is 1. The number of alkyl halides is 2. The van der Waals surface area contributed by atoms with E-state index in [-0.39, 0.29) is 31.1 Å². The van der Waals surface area contributed by atoms with Gasteiger partial charge in [0, 0.05) is 30.8 Å². The zero-order chi connectivity index (χ0) is 14.9. The number of carbonyl (C=O) groups is 1. The van der Waals surface area contributed by atoms with Crippen LogP contribution < -0.4 is 5.32 Å². The predicted octanol–water partition coefficient (Wildman–Crippen LogP) is 3.72. The van der Waals surface area contributed by atoms with E-state index >= 15 is 0 Å². The van der Waals surface area contributed by atoms with Crippen molar-refractivity contribution in [3.63, 3.8) is 0 Å². The SMILES string of the molecule is O=C(CC1CCC(F)(F)CC1)Nc1cc2cc[nH]c2cn1. The highest BCUT2D eigenvalue weighted by molar-refractivity contribution is 5.92. The Morgan fingerprint density at radius 1 is 1.43 bits per heavy atom. The molecule has 1 fully saturated rings. The van der Waals surface area contributed by atoms with Crippen LogP contribution in [0.3, 0.4) is 0 Å². The average Bonchev–Trinajstić information content (AvgIpc) is 2.88. The van der Waals surface area contributed by atoms with Crippen molar-refractivity contribution in [2.75, 3.05) is 5.32 Å². The molecule has 2 N–H and O–H groups in total. The monoisotopic (exact) mass is 293 g/mol. The summed E-state index contributed by atoms with van der Waals surface area (Å²) < 4.78 is 26.1. The Hall–Kier alpha value is -1.98. The van der Waals surface area contributed by atoms with Gasteiger partial charge in [-0.2, -0.15) is 0 Å². The molecule has 0 spiro atoms. The number of amides is 1. The molecule has 0 aromatic carbocycles. The number of hydrogen-bond donors (Lipinski definition) is 2. The summed E-state index contributed by atoms with van der Waals surface area (Å²) in [6.07, 6.45) is 4.33. The normalized spacial score (nSPS) is 18.8. The Balaban J connectivity index is 1.56. The summed E-state index contributed by atoms with van der Waals surface area (Å²) in [5.74, 6) is -2.17. The van der Waals surface area contributed by atoms with Gasteiger partial charge in [0.05, 0.1) is 11.7 Å². The third-order valence-electron chi connectivity index (χ3n) is 4.02. The summed E-state index contributed by atoms with van der Waals surface area (Å²) >= 11 is 0. The molecule has 6 heteroatoms. The van der Waals surface area contributed by atoms with Crippen LogP contribution in [0.5, 0.6) is 0 Å². The lowest BCUT2D eigenvalue weighted by Gasteiger charge is -2.27. The molecule has 3 rings (SSSR count). The van der Waals surface area contributed by atoms with Crippen LogP contribution in [0, 0.1) is 5.92 Å². The zero-order valence-corrected chi connectivity index (χ0v) is 11.5. The van der Waals surface area contributed by atoms with Crippen molar-refractivity contribution in [2.24, 2.45) is 5.92 Å². The number of pyridine rings is 1. The third kappa shape index (κ3) is 3.37. The van der Waals surface area contributed by atoms with Crippen LogP contribution in [0.25, 0.3) is 10.9 Å². The summed E-state index contributed by atoms with van der Waals surface area (Å²) in [6, 6.07) is 3.69. The number of nitrogens with zero attached hydrogens (tertiary/aromatic N) is 1. The van der Waals surface area contributed by atoms with E-state index in [1.165, 1.54) is 0 Å². The number of nitrogens with one attached hydrogen (secondary N) is 2. The lowest BCUT2D eigenvalue weighted by Crippen LogP contribution is -2.27. The highest BCUT2D eigenvalue weighted by Gasteiger charge is 2.35. The fourth-order valence-corrected chi connectivity index (χ4v) is 2.78. The van der Waals surface area contributed by atoms with Crippen LogP contribution in [-0.4, -0.2) is 21.8 Å². The molecular formula is C15H17F2N3O. The van der Waals surface area contributed by atoms with Crippen LogP contribution in [0.4, 0.5) is 14.6 Å². The Bertz CT molecular complexity index is 643. The molecule has 4 nitrogen and oxygen atoms in total. The number of halogens is 2. The molecule has 2 heterocycles. The first-order valence-electron chi connectivity index (χ1n) is 7.13. The summed E-state index contributed by atoms with van der Waals surface area (Å²) in [7, 11) is 0. The Labute approximate surface area is 120 Å². The minimum absolute atomic E-state index is 0.0422. The van der Waals surface area contributed by atoms with Gasteiger partial charge in [-0.1, -0.05) is 0 Å². The quantitative estimate of drug-likeness (QED) is 0.906. The average molecular weight is 293 g/mol. The van der Waals surface area contributed by atoms with Crippen LogP contribution in [0.15, 0.2) is 24.5 Å². The smallest absolute Gasteiger partial charge is 0.248 e. The topological polar surface area (TPSA) is 57.8 Å². The molecule has 0 atom stereocenters. The van der Waals surface area contributed by atoms with Gasteiger partial charge in [-0.15, -0.1) is 0 Å². The lowest BCUT2D eigenvalue weighted by atomic mass is 9.84. The first kappa shape index (κ1) is 14.0. The van der Waals surface area contributed by atoms with Crippen molar-refractivity contribution in [3.05, 3.63) is 24.5 Å². The lowest BCUT2D eigenvalue weighted by molar-refractivity contribution is -0.118. The molecule has 1 aliphatic rings. The molecule has 112 valence electrons. The molecule has 21 heavy (non-hydrogen) atoms. The van der Waals surface area contributed by atoms with E-state index in [0.717, 1.165) is 10.9 Å². The summed E-state index contributed by atoms with van der Waals surface area (Å²) in [5.41, 5.74) is 0.905. The van der Waals surface area contributed by atoms with Crippen molar-refractivity contribution >= 4 is 22.6 Å². The number of H-pyrrole nitrogens is 1. The summed E-state index contributed by atoms with van der Waals surface area (Å²) in [6.45, 7) is 0. The van der Waals surface area contributed by atoms with E-state index in [2.05, 4.69) is 15.3 Å². The van der Waals surface area contributed by atoms with Gasteiger partial charge in [-0.25, -0.2) is 13.8 Å². The maximum Gasteiger partial charge on any atom is 0.248 e.